The number of rotatable bonds is 4. The van der Waals surface area contributed by atoms with Crippen LogP contribution < -0.4 is 10.6 Å². The summed E-state index contributed by atoms with van der Waals surface area (Å²) in [5.41, 5.74) is 3.79. The van der Waals surface area contributed by atoms with Crippen LogP contribution >= 0.6 is 35.4 Å². The van der Waals surface area contributed by atoms with Crippen molar-refractivity contribution in [3.8, 4) is 0 Å². The third kappa shape index (κ3) is 3.91. The van der Waals surface area contributed by atoms with Gasteiger partial charge in [-0.3, -0.25) is 4.68 Å². The van der Waals surface area contributed by atoms with E-state index in [0.717, 1.165) is 29.2 Å². The van der Waals surface area contributed by atoms with Crippen LogP contribution in [0.3, 0.4) is 0 Å². The van der Waals surface area contributed by atoms with E-state index >= 15 is 0 Å². The number of hydrogen-bond donors (Lipinski definition) is 2. The van der Waals surface area contributed by atoms with Gasteiger partial charge in [0.15, 0.2) is 5.11 Å². The second kappa shape index (κ2) is 7.31. The number of anilines is 1. The van der Waals surface area contributed by atoms with Crippen molar-refractivity contribution >= 4 is 46.2 Å². The van der Waals surface area contributed by atoms with Crippen LogP contribution in [0.5, 0.6) is 0 Å². The molecule has 7 heteroatoms. The summed E-state index contributed by atoms with van der Waals surface area (Å²) >= 11 is 17.4. The average molecular weight is 357 g/mol. The number of benzene rings is 1. The number of halogens is 2. The maximum Gasteiger partial charge on any atom is 0.170 e. The van der Waals surface area contributed by atoms with E-state index < -0.39 is 0 Å². The van der Waals surface area contributed by atoms with E-state index in [1.165, 1.54) is 0 Å². The third-order valence-corrected chi connectivity index (χ3v) is 4.13. The second-order valence-corrected chi connectivity index (χ2v) is 6.18. The number of hydrogen-bond acceptors (Lipinski definition) is 2. The minimum atomic E-state index is 0.582. The first-order valence-electron chi connectivity index (χ1n) is 6.95. The molecular weight excluding hydrogens is 339 g/mol. The van der Waals surface area contributed by atoms with Crippen molar-refractivity contribution in [2.45, 2.75) is 27.3 Å². The lowest BCUT2D eigenvalue weighted by Crippen LogP contribution is -2.28. The highest BCUT2D eigenvalue weighted by Crippen LogP contribution is 2.24. The highest BCUT2D eigenvalue weighted by Gasteiger charge is 2.13. The zero-order chi connectivity index (χ0) is 16.3. The monoisotopic (exact) mass is 356 g/mol. The Kier molecular flexibility index (Phi) is 5.67. The van der Waals surface area contributed by atoms with Crippen LogP contribution in [-0.2, 0) is 6.54 Å². The van der Waals surface area contributed by atoms with E-state index in [4.69, 9.17) is 35.4 Å². The van der Waals surface area contributed by atoms with Gasteiger partial charge in [0.25, 0.3) is 0 Å². The van der Waals surface area contributed by atoms with E-state index in [2.05, 4.69) is 15.7 Å². The molecule has 0 amide bonds. The molecule has 0 aliphatic carbocycles. The fraction of sp³-hybridized carbons (Fsp3) is 0.333. The molecule has 1 aromatic carbocycles. The van der Waals surface area contributed by atoms with E-state index in [0.29, 0.717) is 21.7 Å². The molecule has 0 aliphatic rings. The van der Waals surface area contributed by atoms with Crippen LogP contribution in [0.1, 0.15) is 23.9 Å². The van der Waals surface area contributed by atoms with Crippen molar-refractivity contribution in [2.24, 2.45) is 0 Å². The van der Waals surface area contributed by atoms with Crippen molar-refractivity contribution in [3.05, 3.63) is 45.2 Å². The van der Waals surface area contributed by atoms with Gasteiger partial charge in [0.2, 0.25) is 0 Å². The lowest BCUT2D eigenvalue weighted by molar-refractivity contribution is 0.659. The first-order chi connectivity index (χ1) is 10.4. The Balaban J connectivity index is 2.24. The van der Waals surface area contributed by atoms with E-state index in [9.17, 15) is 0 Å². The molecule has 0 saturated carbocycles. The summed E-state index contributed by atoms with van der Waals surface area (Å²) in [4.78, 5) is 0. The lowest BCUT2D eigenvalue weighted by Gasteiger charge is -2.10. The number of aromatic nitrogens is 2. The van der Waals surface area contributed by atoms with Crippen molar-refractivity contribution in [2.75, 3.05) is 11.9 Å². The zero-order valence-corrected chi connectivity index (χ0v) is 15.0. The molecule has 0 fully saturated rings. The lowest BCUT2D eigenvalue weighted by atomic mass is 10.2. The summed E-state index contributed by atoms with van der Waals surface area (Å²) < 4.78 is 1.90. The molecule has 0 atom stereocenters. The Hall–Kier alpha value is -1.30. The molecule has 22 heavy (non-hydrogen) atoms. The minimum absolute atomic E-state index is 0.582. The van der Waals surface area contributed by atoms with Crippen molar-refractivity contribution in [1.82, 2.24) is 15.1 Å². The normalized spacial score (nSPS) is 10.6. The Bertz CT molecular complexity index is 697. The van der Waals surface area contributed by atoms with Crippen molar-refractivity contribution in [1.29, 1.82) is 0 Å². The Labute approximate surface area is 145 Å². The minimum Gasteiger partial charge on any atom is -0.363 e. The average Bonchev–Trinajstić information content (AvgIpc) is 2.70. The summed E-state index contributed by atoms with van der Waals surface area (Å²) in [7, 11) is 0. The van der Waals surface area contributed by atoms with Gasteiger partial charge in [-0.15, -0.1) is 0 Å². The van der Waals surface area contributed by atoms with Crippen LogP contribution in [-0.4, -0.2) is 21.4 Å². The van der Waals surface area contributed by atoms with Gasteiger partial charge in [-0.2, -0.15) is 5.10 Å². The number of nitrogens with one attached hydrogen (secondary N) is 2. The molecule has 2 rings (SSSR count). The van der Waals surface area contributed by atoms with Gasteiger partial charge in [0, 0.05) is 16.6 Å². The quantitative estimate of drug-likeness (QED) is 0.807. The van der Waals surface area contributed by atoms with Gasteiger partial charge in [-0.1, -0.05) is 29.3 Å². The first kappa shape index (κ1) is 17.1. The summed E-state index contributed by atoms with van der Waals surface area (Å²) in [5, 5.41) is 12.7. The van der Waals surface area contributed by atoms with Crippen molar-refractivity contribution in [3.63, 3.8) is 0 Å². The molecule has 1 aromatic heterocycles. The Morgan fingerprint density at radius 2 is 2.05 bits per heavy atom. The first-order valence-corrected chi connectivity index (χ1v) is 8.11. The summed E-state index contributed by atoms with van der Waals surface area (Å²) in [6.07, 6.45) is 0. The number of thiocarbonyl (C=S) groups is 1. The van der Waals surface area contributed by atoms with Gasteiger partial charge >= 0.3 is 0 Å². The maximum atomic E-state index is 6.23. The van der Waals surface area contributed by atoms with Crippen LogP contribution in [0.15, 0.2) is 18.2 Å². The molecule has 4 nitrogen and oxygen atoms in total. The van der Waals surface area contributed by atoms with Gasteiger partial charge in [-0.25, -0.2) is 0 Å². The van der Waals surface area contributed by atoms with Gasteiger partial charge in [0.1, 0.15) is 0 Å². The van der Waals surface area contributed by atoms with E-state index in [1.54, 1.807) is 6.07 Å². The largest absolute Gasteiger partial charge is 0.363 e. The predicted octanol–water partition coefficient (Wildman–Crippen LogP) is 4.16. The van der Waals surface area contributed by atoms with E-state index in [1.807, 2.05) is 37.6 Å². The Morgan fingerprint density at radius 3 is 2.68 bits per heavy atom. The molecule has 1 heterocycles. The Morgan fingerprint density at radius 1 is 1.32 bits per heavy atom. The van der Waals surface area contributed by atoms with Gasteiger partial charge in [0.05, 0.1) is 23.6 Å². The SMILES string of the molecule is CCNC(=S)Nc1c(C)nn(Cc2ccc(Cl)cc2Cl)c1C. The molecular formula is C15H18Cl2N4S. The molecule has 0 unspecified atom stereocenters. The highest BCUT2D eigenvalue weighted by molar-refractivity contribution is 7.80. The highest BCUT2D eigenvalue weighted by atomic mass is 35.5. The second-order valence-electron chi connectivity index (χ2n) is 4.92. The van der Waals surface area contributed by atoms with Crippen LogP contribution in [0.2, 0.25) is 10.0 Å². The summed E-state index contributed by atoms with van der Waals surface area (Å²) in [5.74, 6) is 0. The molecule has 0 bridgehead atoms. The third-order valence-electron chi connectivity index (χ3n) is 3.29. The van der Waals surface area contributed by atoms with Crippen LogP contribution in [0.25, 0.3) is 0 Å². The predicted molar refractivity (Wildman–Crippen MR) is 97.2 cm³/mol. The summed E-state index contributed by atoms with van der Waals surface area (Å²) in [6.45, 7) is 7.31. The maximum absolute atomic E-state index is 6.23. The molecule has 2 aromatic rings. The fourth-order valence-corrected chi connectivity index (χ4v) is 2.88. The van der Waals surface area contributed by atoms with E-state index in [-0.39, 0.29) is 0 Å². The smallest absolute Gasteiger partial charge is 0.170 e. The molecule has 0 spiro atoms. The van der Waals surface area contributed by atoms with Gasteiger partial charge in [-0.05, 0) is 50.7 Å². The molecule has 2 N–H and O–H groups in total. The van der Waals surface area contributed by atoms with Crippen LogP contribution in [0.4, 0.5) is 5.69 Å². The van der Waals surface area contributed by atoms with Crippen molar-refractivity contribution < 1.29 is 0 Å². The number of nitrogens with zero attached hydrogens (tertiary/aromatic N) is 2. The standard InChI is InChI=1S/C15H18Cl2N4S/c1-4-18-15(22)19-14-9(2)20-21(10(14)3)8-11-5-6-12(16)7-13(11)17/h5-7H,4,8H2,1-3H3,(H2,18,19,22). The van der Waals surface area contributed by atoms with Crippen LogP contribution in [0, 0.1) is 13.8 Å². The number of aryl methyl sites for hydroxylation is 1. The zero-order valence-electron chi connectivity index (χ0n) is 12.7. The topological polar surface area (TPSA) is 41.9 Å². The fourth-order valence-electron chi connectivity index (χ4n) is 2.16. The molecule has 0 aliphatic heterocycles. The molecule has 0 saturated heterocycles. The van der Waals surface area contributed by atoms with Gasteiger partial charge < -0.3 is 10.6 Å². The summed E-state index contributed by atoms with van der Waals surface area (Å²) in [6, 6.07) is 5.48. The molecule has 118 valence electrons. The molecule has 0 radical (unpaired) electrons.